The molecule has 0 atom stereocenters. The average Bonchev–Trinajstić information content (AvgIpc) is 2.84. The van der Waals surface area contributed by atoms with Crippen LogP contribution < -0.4 is 9.47 Å². The molecular weight excluding hydrogens is 466 g/mol. The summed E-state index contributed by atoms with van der Waals surface area (Å²) < 4.78 is 12.4. The number of benzene rings is 3. The summed E-state index contributed by atoms with van der Waals surface area (Å²) in [5.41, 5.74) is 5.36. The van der Waals surface area contributed by atoms with Crippen molar-refractivity contribution in [1.82, 2.24) is 0 Å². The Morgan fingerprint density at radius 3 is 1.78 bits per heavy atom. The van der Waals surface area contributed by atoms with Gasteiger partial charge in [-0.3, -0.25) is 0 Å². The van der Waals surface area contributed by atoms with Crippen LogP contribution >= 0.6 is 0 Å². The third-order valence-electron chi connectivity index (χ3n) is 5.88. The minimum Gasteiger partial charge on any atom is -0.485 e. The van der Waals surface area contributed by atoms with Crippen molar-refractivity contribution >= 4 is 12.2 Å². The van der Waals surface area contributed by atoms with Crippen molar-refractivity contribution in [2.24, 2.45) is 5.16 Å². The average molecular weight is 504 g/mol. The third-order valence-corrected chi connectivity index (χ3v) is 5.88. The number of hydrogen-bond donors (Lipinski definition) is 1. The lowest BCUT2D eigenvalue weighted by atomic mass is 9.87. The van der Waals surface area contributed by atoms with Crippen LogP contribution in [0.3, 0.4) is 0 Å². The Balaban J connectivity index is 1.80. The number of ether oxygens (including phenoxy) is 2. The molecule has 0 fully saturated rings. The summed E-state index contributed by atoms with van der Waals surface area (Å²) in [4.78, 5) is 15.6. The van der Waals surface area contributed by atoms with Crippen molar-refractivity contribution < 1.29 is 24.2 Å². The molecule has 0 saturated heterocycles. The van der Waals surface area contributed by atoms with E-state index < -0.39 is 12.6 Å². The number of nitrogens with zero attached hydrogens (tertiary/aromatic N) is 1. The SMILES string of the molecule is CC(C)(C)c1ccc(COc2cccc(/C=N/OCC(=O)O)c2OCc2ccc(C(C)(C)C)cc2)cc1. The van der Waals surface area contributed by atoms with Crippen molar-refractivity contribution in [2.45, 2.75) is 65.6 Å². The van der Waals surface area contributed by atoms with Gasteiger partial charge in [0.2, 0.25) is 6.61 Å². The molecule has 0 aliphatic rings. The van der Waals surface area contributed by atoms with E-state index in [1.165, 1.54) is 17.3 Å². The smallest absolute Gasteiger partial charge is 0.344 e. The Morgan fingerprint density at radius 2 is 1.30 bits per heavy atom. The maximum Gasteiger partial charge on any atom is 0.344 e. The fourth-order valence-electron chi connectivity index (χ4n) is 3.61. The van der Waals surface area contributed by atoms with E-state index in [9.17, 15) is 4.79 Å². The molecule has 0 spiro atoms. The standard InChI is InChI=1S/C31H37NO5/c1-30(2,3)25-14-10-22(11-15-25)19-35-27-9-7-8-24(18-32-37-21-28(33)34)29(27)36-20-23-12-16-26(17-13-23)31(4,5)6/h7-18H,19-21H2,1-6H3,(H,33,34)/b32-18+. The molecule has 0 saturated carbocycles. The van der Waals surface area contributed by atoms with Gasteiger partial charge < -0.3 is 19.4 Å². The van der Waals surface area contributed by atoms with Gasteiger partial charge >= 0.3 is 5.97 Å². The summed E-state index contributed by atoms with van der Waals surface area (Å²) >= 11 is 0. The molecule has 196 valence electrons. The van der Waals surface area contributed by atoms with E-state index in [2.05, 4.69) is 95.2 Å². The predicted molar refractivity (Wildman–Crippen MR) is 147 cm³/mol. The van der Waals surface area contributed by atoms with Crippen LogP contribution in [0.25, 0.3) is 0 Å². The molecule has 6 heteroatoms. The summed E-state index contributed by atoms with van der Waals surface area (Å²) in [6.45, 7) is 13.3. The van der Waals surface area contributed by atoms with Crippen LogP contribution in [-0.2, 0) is 33.7 Å². The summed E-state index contributed by atoms with van der Waals surface area (Å²) in [6, 6.07) is 22.2. The quantitative estimate of drug-likeness (QED) is 0.241. The van der Waals surface area contributed by atoms with Gasteiger partial charge in [0, 0.05) is 5.56 Å². The molecule has 0 aliphatic heterocycles. The van der Waals surface area contributed by atoms with E-state index in [-0.39, 0.29) is 10.8 Å². The van der Waals surface area contributed by atoms with Crippen molar-refractivity contribution in [1.29, 1.82) is 0 Å². The van der Waals surface area contributed by atoms with Gasteiger partial charge in [-0.05, 0) is 45.2 Å². The first-order valence-electron chi connectivity index (χ1n) is 12.4. The molecule has 37 heavy (non-hydrogen) atoms. The van der Waals surface area contributed by atoms with Crippen LogP contribution in [-0.4, -0.2) is 23.9 Å². The first kappa shape index (κ1) is 27.8. The number of para-hydroxylation sites is 1. The highest BCUT2D eigenvalue weighted by molar-refractivity contribution is 5.84. The van der Waals surface area contributed by atoms with Crippen molar-refractivity contribution in [3.63, 3.8) is 0 Å². The third kappa shape index (κ3) is 8.38. The number of carbonyl (C=O) groups is 1. The lowest BCUT2D eigenvalue weighted by molar-refractivity contribution is -0.142. The van der Waals surface area contributed by atoms with E-state index in [4.69, 9.17) is 19.4 Å². The number of rotatable bonds is 10. The Hall–Kier alpha value is -3.80. The molecule has 0 amide bonds. The maximum absolute atomic E-state index is 10.7. The van der Waals surface area contributed by atoms with Gasteiger partial charge in [-0.1, -0.05) is 101 Å². The van der Waals surface area contributed by atoms with E-state index >= 15 is 0 Å². The molecule has 6 nitrogen and oxygen atoms in total. The zero-order valence-corrected chi connectivity index (χ0v) is 22.6. The van der Waals surface area contributed by atoms with Gasteiger partial charge in [0.1, 0.15) is 13.2 Å². The highest BCUT2D eigenvalue weighted by Gasteiger charge is 2.15. The second-order valence-corrected chi connectivity index (χ2v) is 11.0. The van der Waals surface area contributed by atoms with Crippen molar-refractivity contribution in [2.75, 3.05) is 6.61 Å². The van der Waals surface area contributed by atoms with Gasteiger partial charge in [0.15, 0.2) is 11.5 Å². The van der Waals surface area contributed by atoms with E-state index in [0.29, 0.717) is 30.3 Å². The summed E-state index contributed by atoms with van der Waals surface area (Å²) in [5.74, 6) is -0.0216. The Kier molecular flexibility index (Phi) is 8.98. The van der Waals surface area contributed by atoms with Crippen molar-refractivity contribution in [3.8, 4) is 11.5 Å². The Bertz CT molecular complexity index is 1200. The van der Waals surface area contributed by atoms with E-state index in [1.54, 1.807) is 0 Å². The molecule has 3 rings (SSSR count). The lowest BCUT2D eigenvalue weighted by Gasteiger charge is -2.20. The number of aliphatic carboxylic acids is 1. The molecule has 0 radical (unpaired) electrons. The number of hydrogen-bond acceptors (Lipinski definition) is 5. The second-order valence-electron chi connectivity index (χ2n) is 11.0. The zero-order chi connectivity index (χ0) is 27.1. The van der Waals surface area contributed by atoms with Gasteiger partial charge in [0.25, 0.3) is 0 Å². The minimum atomic E-state index is -1.10. The lowest BCUT2D eigenvalue weighted by Crippen LogP contribution is -2.11. The Morgan fingerprint density at radius 1 is 0.784 bits per heavy atom. The number of oxime groups is 1. The second kappa shape index (κ2) is 12.0. The summed E-state index contributed by atoms with van der Waals surface area (Å²) in [6.07, 6.45) is 1.44. The predicted octanol–water partition coefficient (Wildman–Crippen LogP) is 6.87. The van der Waals surface area contributed by atoms with Crippen LogP contribution in [0.2, 0.25) is 0 Å². The zero-order valence-electron chi connectivity index (χ0n) is 22.6. The highest BCUT2D eigenvalue weighted by atomic mass is 16.6. The van der Waals surface area contributed by atoms with E-state index in [1.807, 2.05) is 18.2 Å². The molecule has 3 aromatic carbocycles. The van der Waals surface area contributed by atoms with Crippen LogP contribution in [0.15, 0.2) is 71.9 Å². The largest absolute Gasteiger partial charge is 0.485 e. The first-order valence-corrected chi connectivity index (χ1v) is 12.4. The number of carboxylic acids is 1. The number of carboxylic acid groups (broad SMARTS) is 1. The molecule has 0 unspecified atom stereocenters. The van der Waals surface area contributed by atoms with Crippen LogP contribution in [0.4, 0.5) is 0 Å². The summed E-state index contributed by atoms with van der Waals surface area (Å²) in [7, 11) is 0. The monoisotopic (exact) mass is 503 g/mol. The highest BCUT2D eigenvalue weighted by Crippen LogP contribution is 2.32. The van der Waals surface area contributed by atoms with Gasteiger partial charge in [-0.15, -0.1) is 0 Å². The summed E-state index contributed by atoms with van der Waals surface area (Å²) in [5, 5.41) is 12.6. The van der Waals surface area contributed by atoms with Crippen LogP contribution in [0.5, 0.6) is 11.5 Å². The van der Waals surface area contributed by atoms with Gasteiger partial charge in [0.05, 0.1) is 6.21 Å². The fourth-order valence-corrected chi connectivity index (χ4v) is 3.61. The van der Waals surface area contributed by atoms with E-state index in [0.717, 1.165) is 11.1 Å². The normalized spacial score (nSPS) is 11.9. The van der Waals surface area contributed by atoms with Crippen molar-refractivity contribution in [3.05, 3.63) is 94.5 Å². The molecule has 0 heterocycles. The first-order chi connectivity index (χ1) is 17.4. The molecule has 0 bridgehead atoms. The molecule has 1 N–H and O–H groups in total. The van der Waals surface area contributed by atoms with Gasteiger partial charge in [-0.25, -0.2) is 4.79 Å². The Labute approximate surface area is 219 Å². The molecule has 0 aliphatic carbocycles. The molecule has 0 aromatic heterocycles. The maximum atomic E-state index is 10.7. The molecular formula is C31H37NO5. The minimum absolute atomic E-state index is 0.0739. The van der Waals surface area contributed by atoms with Crippen LogP contribution in [0.1, 0.15) is 69.4 Å². The topological polar surface area (TPSA) is 77.4 Å². The molecule has 3 aromatic rings. The van der Waals surface area contributed by atoms with Gasteiger partial charge in [-0.2, -0.15) is 0 Å². The fraction of sp³-hybridized carbons (Fsp3) is 0.355. The van der Waals surface area contributed by atoms with Crippen LogP contribution in [0, 0.1) is 0 Å².